The minimum absolute atomic E-state index is 0.207. The van der Waals surface area contributed by atoms with E-state index in [2.05, 4.69) is 0 Å². The Balaban J connectivity index is 2.95. The van der Waals surface area contributed by atoms with Crippen LogP contribution in [0.25, 0.3) is 0 Å². The highest BCUT2D eigenvalue weighted by Gasteiger charge is 2.23. The van der Waals surface area contributed by atoms with Gasteiger partial charge in [-0.25, -0.2) is 4.79 Å². The minimum atomic E-state index is -0.799. The molecule has 1 aromatic carbocycles. The Morgan fingerprint density at radius 2 is 2.00 bits per heavy atom. The molecule has 1 rings (SSSR count). The standard InChI is InChI=1S/C14H19NO3/c1-4-9-15(13(16)14(17)18-5-2)12-8-6-7-11(3)10-12/h6-8,10H,4-5,9H2,1-3H3. The molecule has 0 heterocycles. The van der Waals surface area contributed by atoms with Crippen molar-refractivity contribution in [3.63, 3.8) is 0 Å². The van der Waals surface area contributed by atoms with Gasteiger partial charge in [0.15, 0.2) is 0 Å². The van der Waals surface area contributed by atoms with Crippen LogP contribution in [0.4, 0.5) is 5.69 Å². The van der Waals surface area contributed by atoms with E-state index in [0.29, 0.717) is 6.54 Å². The average Bonchev–Trinajstić information content (AvgIpc) is 2.35. The second kappa shape index (κ2) is 6.79. The highest BCUT2D eigenvalue weighted by molar-refractivity contribution is 6.38. The number of esters is 1. The first-order chi connectivity index (χ1) is 8.60. The van der Waals surface area contributed by atoms with E-state index in [1.807, 2.05) is 38.1 Å². The maximum Gasteiger partial charge on any atom is 0.397 e. The summed E-state index contributed by atoms with van der Waals surface area (Å²) in [6.07, 6.45) is 0.777. The lowest BCUT2D eigenvalue weighted by Crippen LogP contribution is -2.38. The first-order valence-corrected chi connectivity index (χ1v) is 6.15. The Labute approximate surface area is 108 Å². The zero-order chi connectivity index (χ0) is 13.5. The van der Waals surface area contributed by atoms with Crippen LogP contribution in [0.2, 0.25) is 0 Å². The Kier molecular flexibility index (Phi) is 5.36. The third-order valence-corrected chi connectivity index (χ3v) is 2.46. The SMILES string of the molecule is CCCN(C(=O)C(=O)OCC)c1cccc(C)c1. The monoisotopic (exact) mass is 249 g/mol. The number of amides is 1. The second-order valence-corrected chi connectivity index (χ2v) is 4.02. The molecule has 0 unspecified atom stereocenters. The molecule has 0 saturated heterocycles. The molecule has 1 amide bonds. The smallest absolute Gasteiger partial charge is 0.397 e. The van der Waals surface area contributed by atoms with Crippen LogP contribution in [0.5, 0.6) is 0 Å². The Hall–Kier alpha value is -1.84. The summed E-state index contributed by atoms with van der Waals surface area (Å²) >= 11 is 0. The quantitative estimate of drug-likeness (QED) is 0.607. The summed E-state index contributed by atoms with van der Waals surface area (Å²) in [4.78, 5) is 25.0. The van der Waals surface area contributed by atoms with Gasteiger partial charge in [-0.2, -0.15) is 0 Å². The van der Waals surface area contributed by atoms with Crippen molar-refractivity contribution in [2.75, 3.05) is 18.1 Å². The third-order valence-electron chi connectivity index (χ3n) is 2.46. The molecule has 0 bridgehead atoms. The van der Waals surface area contributed by atoms with Crippen molar-refractivity contribution < 1.29 is 14.3 Å². The average molecular weight is 249 g/mol. The molecule has 0 aromatic heterocycles. The van der Waals surface area contributed by atoms with Gasteiger partial charge in [0, 0.05) is 12.2 Å². The molecular weight excluding hydrogens is 230 g/mol. The summed E-state index contributed by atoms with van der Waals surface area (Å²) in [5.41, 5.74) is 1.78. The van der Waals surface area contributed by atoms with Gasteiger partial charge in [0.05, 0.1) is 6.61 Å². The van der Waals surface area contributed by atoms with E-state index in [1.54, 1.807) is 6.92 Å². The van der Waals surface area contributed by atoms with E-state index in [-0.39, 0.29) is 6.61 Å². The summed E-state index contributed by atoms with van der Waals surface area (Å²) < 4.78 is 4.75. The minimum Gasteiger partial charge on any atom is -0.459 e. The summed E-state index contributed by atoms with van der Waals surface area (Å²) in [7, 11) is 0. The lowest BCUT2D eigenvalue weighted by Gasteiger charge is -2.21. The molecule has 4 heteroatoms. The summed E-state index contributed by atoms with van der Waals surface area (Å²) in [5, 5.41) is 0. The molecule has 0 aliphatic rings. The summed E-state index contributed by atoms with van der Waals surface area (Å²) in [5.74, 6) is -1.41. The fourth-order valence-electron chi connectivity index (χ4n) is 1.67. The topological polar surface area (TPSA) is 46.6 Å². The van der Waals surface area contributed by atoms with Crippen LogP contribution in [-0.2, 0) is 14.3 Å². The van der Waals surface area contributed by atoms with Crippen molar-refractivity contribution >= 4 is 17.6 Å². The number of nitrogens with zero attached hydrogens (tertiary/aromatic N) is 1. The first-order valence-electron chi connectivity index (χ1n) is 6.15. The Morgan fingerprint density at radius 1 is 1.28 bits per heavy atom. The molecular formula is C14H19NO3. The van der Waals surface area contributed by atoms with Crippen molar-refractivity contribution in [3.05, 3.63) is 29.8 Å². The van der Waals surface area contributed by atoms with Crippen molar-refractivity contribution in [3.8, 4) is 0 Å². The molecule has 0 aliphatic carbocycles. The number of hydrogen-bond acceptors (Lipinski definition) is 3. The molecule has 4 nitrogen and oxygen atoms in total. The van der Waals surface area contributed by atoms with Crippen molar-refractivity contribution in [2.45, 2.75) is 27.2 Å². The van der Waals surface area contributed by atoms with Crippen LogP contribution in [0.15, 0.2) is 24.3 Å². The van der Waals surface area contributed by atoms with Crippen LogP contribution in [0.1, 0.15) is 25.8 Å². The van der Waals surface area contributed by atoms with Gasteiger partial charge in [-0.05, 0) is 38.0 Å². The zero-order valence-corrected chi connectivity index (χ0v) is 11.1. The maximum atomic E-state index is 12.0. The van der Waals surface area contributed by atoms with Gasteiger partial charge in [-0.3, -0.25) is 4.79 Å². The molecule has 0 aliphatic heterocycles. The molecule has 18 heavy (non-hydrogen) atoms. The predicted molar refractivity (Wildman–Crippen MR) is 70.5 cm³/mol. The molecule has 0 saturated carbocycles. The van der Waals surface area contributed by atoms with Gasteiger partial charge >= 0.3 is 11.9 Å². The molecule has 0 N–H and O–H groups in total. The Bertz CT molecular complexity index is 429. The molecule has 1 aromatic rings. The fraction of sp³-hybridized carbons (Fsp3) is 0.429. The Morgan fingerprint density at radius 3 is 2.56 bits per heavy atom. The number of hydrogen-bond donors (Lipinski definition) is 0. The number of carbonyl (C=O) groups excluding carboxylic acids is 2. The maximum absolute atomic E-state index is 12.0. The lowest BCUT2D eigenvalue weighted by molar-refractivity contribution is -0.153. The van der Waals surface area contributed by atoms with Gasteiger partial charge in [0.25, 0.3) is 0 Å². The van der Waals surface area contributed by atoms with Gasteiger partial charge in [0.1, 0.15) is 0 Å². The number of ether oxygens (including phenoxy) is 1. The molecule has 0 fully saturated rings. The van der Waals surface area contributed by atoms with Crippen molar-refractivity contribution in [1.29, 1.82) is 0 Å². The zero-order valence-electron chi connectivity index (χ0n) is 11.1. The van der Waals surface area contributed by atoms with E-state index >= 15 is 0 Å². The number of benzene rings is 1. The fourth-order valence-corrected chi connectivity index (χ4v) is 1.67. The lowest BCUT2D eigenvalue weighted by atomic mass is 10.2. The number of aryl methyl sites for hydroxylation is 1. The molecule has 0 radical (unpaired) electrons. The van der Waals surface area contributed by atoms with Gasteiger partial charge in [-0.1, -0.05) is 19.1 Å². The van der Waals surface area contributed by atoms with E-state index < -0.39 is 11.9 Å². The molecule has 98 valence electrons. The largest absolute Gasteiger partial charge is 0.459 e. The second-order valence-electron chi connectivity index (χ2n) is 4.02. The summed E-state index contributed by atoms with van der Waals surface area (Å²) in [6.45, 7) is 6.30. The van der Waals surface area contributed by atoms with Gasteiger partial charge in [-0.15, -0.1) is 0 Å². The van der Waals surface area contributed by atoms with E-state index in [1.165, 1.54) is 4.90 Å². The van der Waals surface area contributed by atoms with Gasteiger partial charge < -0.3 is 9.64 Å². The summed E-state index contributed by atoms with van der Waals surface area (Å²) in [6, 6.07) is 7.51. The van der Waals surface area contributed by atoms with Gasteiger partial charge in [0.2, 0.25) is 0 Å². The number of anilines is 1. The first kappa shape index (κ1) is 14.2. The third kappa shape index (κ3) is 3.58. The van der Waals surface area contributed by atoms with Crippen molar-refractivity contribution in [1.82, 2.24) is 0 Å². The molecule has 0 atom stereocenters. The molecule has 0 spiro atoms. The van der Waals surface area contributed by atoms with Crippen LogP contribution in [0.3, 0.4) is 0 Å². The number of rotatable bonds is 4. The van der Waals surface area contributed by atoms with Crippen LogP contribution in [-0.4, -0.2) is 25.0 Å². The highest BCUT2D eigenvalue weighted by Crippen LogP contribution is 2.16. The van der Waals surface area contributed by atoms with Crippen LogP contribution < -0.4 is 4.90 Å². The van der Waals surface area contributed by atoms with Crippen LogP contribution in [0, 0.1) is 6.92 Å². The van der Waals surface area contributed by atoms with Crippen molar-refractivity contribution in [2.24, 2.45) is 0 Å². The van der Waals surface area contributed by atoms with E-state index in [0.717, 1.165) is 17.7 Å². The number of carbonyl (C=O) groups is 2. The normalized spacial score (nSPS) is 9.94. The predicted octanol–water partition coefficient (Wildman–Crippen LogP) is 2.30. The van der Waals surface area contributed by atoms with E-state index in [4.69, 9.17) is 4.74 Å². The van der Waals surface area contributed by atoms with E-state index in [9.17, 15) is 9.59 Å². The van der Waals surface area contributed by atoms with Crippen LogP contribution >= 0.6 is 0 Å². The highest BCUT2D eigenvalue weighted by atomic mass is 16.5.